The molecule has 0 N–H and O–H groups in total. The molecule has 0 aliphatic heterocycles. The molecular formula is C10H9ClOS. The molecule has 0 amide bonds. The zero-order chi connectivity index (χ0) is 9.26. The van der Waals surface area contributed by atoms with E-state index in [4.69, 9.17) is 16.3 Å². The molecule has 0 unspecified atom stereocenters. The van der Waals surface area contributed by atoms with Gasteiger partial charge in [0.15, 0.2) is 0 Å². The van der Waals surface area contributed by atoms with Crippen LogP contribution in [0, 0.1) is 0 Å². The van der Waals surface area contributed by atoms with Crippen LogP contribution in [0.3, 0.4) is 0 Å². The SMILES string of the molecule is CCOc1csc2ccc(Cl)cc12. The van der Waals surface area contributed by atoms with Crippen LogP contribution in [-0.2, 0) is 0 Å². The van der Waals surface area contributed by atoms with Gasteiger partial charge in [0.25, 0.3) is 0 Å². The van der Waals surface area contributed by atoms with Gasteiger partial charge in [-0.15, -0.1) is 11.3 Å². The van der Waals surface area contributed by atoms with Crippen molar-refractivity contribution in [1.82, 2.24) is 0 Å². The van der Waals surface area contributed by atoms with Gasteiger partial charge in [0, 0.05) is 20.5 Å². The summed E-state index contributed by atoms with van der Waals surface area (Å²) in [6, 6.07) is 5.86. The number of benzene rings is 1. The van der Waals surface area contributed by atoms with Crippen molar-refractivity contribution >= 4 is 33.0 Å². The van der Waals surface area contributed by atoms with Crippen LogP contribution >= 0.6 is 22.9 Å². The normalized spacial score (nSPS) is 10.6. The Hall–Kier alpha value is -0.730. The number of hydrogen-bond acceptors (Lipinski definition) is 2. The number of fused-ring (bicyclic) bond motifs is 1. The Morgan fingerprint density at radius 2 is 2.31 bits per heavy atom. The van der Waals surface area contributed by atoms with Crippen molar-refractivity contribution in [2.45, 2.75) is 6.92 Å². The van der Waals surface area contributed by atoms with E-state index in [2.05, 4.69) is 0 Å². The maximum absolute atomic E-state index is 5.90. The molecule has 13 heavy (non-hydrogen) atoms. The predicted molar refractivity (Wildman–Crippen MR) is 58.0 cm³/mol. The minimum Gasteiger partial charge on any atom is -0.492 e. The maximum Gasteiger partial charge on any atom is 0.137 e. The Balaban J connectivity index is 2.58. The lowest BCUT2D eigenvalue weighted by molar-refractivity contribution is 0.345. The van der Waals surface area contributed by atoms with Gasteiger partial charge in [-0.3, -0.25) is 0 Å². The summed E-state index contributed by atoms with van der Waals surface area (Å²) in [5.41, 5.74) is 0. The first-order valence-corrected chi connectivity index (χ1v) is 5.36. The third kappa shape index (κ3) is 1.64. The summed E-state index contributed by atoms with van der Waals surface area (Å²) in [6.45, 7) is 2.67. The Bertz CT molecular complexity index is 422. The molecule has 0 spiro atoms. The van der Waals surface area contributed by atoms with E-state index in [-0.39, 0.29) is 0 Å². The second-order valence-electron chi connectivity index (χ2n) is 2.67. The summed E-state index contributed by atoms with van der Waals surface area (Å²) in [6.07, 6.45) is 0. The van der Waals surface area contributed by atoms with Crippen LogP contribution in [0.2, 0.25) is 5.02 Å². The van der Waals surface area contributed by atoms with Crippen LogP contribution in [0.1, 0.15) is 6.92 Å². The second kappa shape index (κ2) is 3.56. The lowest BCUT2D eigenvalue weighted by Gasteiger charge is -1.99. The minimum absolute atomic E-state index is 0.693. The maximum atomic E-state index is 5.90. The smallest absolute Gasteiger partial charge is 0.137 e. The highest BCUT2D eigenvalue weighted by atomic mass is 35.5. The summed E-state index contributed by atoms with van der Waals surface area (Å²) >= 11 is 7.58. The molecule has 68 valence electrons. The molecule has 0 fully saturated rings. The van der Waals surface area contributed by atoms with Crippen molar-refractivity contribution in [2.24, 2.45) is 0 Å². The van der Waals surface area contributed by atoms with Crippen molar-refractivity contribution in [2.75, 3.05) is 6.61 Å². The summed E-state index contributed by atoms with van der Waals surface area (Å²) in [4.78, 5) is 0. The zero-order valence-corrected chi connectivity index (χ0v) is 8.78. The average molecular weight is 213 g/mol. The number of hydrogen-bond donors (Lipinski definition) is 0. The third-order valence-electron chi connectivity index (χ3n) is 1.80. The Morgan fingerprint density at radius 1 is 1.46 bits per heavy atom. The number of halogens is 1. The lowest BCUT2D eigenvalue weighted by Crippen LogP contribution is -1.88. The van der Waals surface area contributed by atoms with E-state index in [9.17, 15) is 0 Å². The fourth-order valence-electron chi connectivity index (χ4n) is 1.25. The molecule has 0 bridgehead atoms. The first-order chi connectivity index (χ1) is 6.31. The third-order valence-corrected chi connectivity index (χ3v) is 2.98. The number of ether oxygens (including phenoxy) is 1. The van der Waals surface area contributed by atoms with Gasteiger partial charge in [-0.2, -0.15) is 0 Å². The Morgan fingerprint density at radius 3 is 3.08 bits per heavy atom. The molecule has 2 aromatic rings. The van der Waals surface area contributed by atoms with Crippen molar-refractivity contribution < 1.29 is 4.74 Å². The Kier molecular flexibility index (Phi) is 2.42. The van der Waals surface area contributed by atoms with Crippen LogP contribution in [-0.4, -0.2) is 6.61 Å². The molecule has 2 rings (SSSR count). The van der Waals surface area contributed by atoms with Crippen LogP contribution in [0.15, 0.2) is 23.6 Å². The van der Waals surface area contributed by atoms with E-state index in [1.807, 2.05) is 30.5 Å². The summed E-state index contributed by atoms with van der Waals surface area (Å²) < 4.78 is 6.68. The van der Waals surface area contributed by atoms with E-state index in [1.54, 1.807) is 11.3 Å². The zero-order valence-electron chi connectivity index (χ0n) is 7.21. The summed E-state index contributed by atoms with van der Waals surface area (Å²) in [5.74, 6) is 0.935. The monoisotopic (exact) mass is 212 g/mol. The molecule has 0 aliphatic rings. The summed E-state index contributed by atoms with van der Waals surface area (Å²) in [5, 5.41) is 3.89. The highest BCUT2D eigenvalue weighted by Gasteiger charge is 2.04. The van der Waals surface area contributed by atoms with E-state index >= 15 is 0 Å². The van der Waals surface area contributed by atoms with Crippen molar-refractivity contribution in [3.8, 4) is 5.75 Å². The van der Waals surface area contributed by atoms with Gasteiger partial charge in [0.05, 0.1) is 6.61 Å². The molecule has 1 aromatic heterocycles. The van der Waals surface area contributed by atoms with Gasteiger partial charge < -0.3 is 4.74 Å². The fourth-order valence-corrected chi connectivity index (χ4v) is 2.28. The van der Waals surface area contributed by atoms with E-state index in [0.717, 1.165) is 16.2 Å². The standard InChI is InChI=1S/C10H9ClOS/c1-2-12-9-6-13-10-4-3-7(11)5-8(9)10/h3-6H,2H2,1H3. The van der Waals surface area contributed by atoms with Gasteiger partial charge in [-0.25, -0.2) is 0 Å². The van der Waals surface area contributed by atoms with E-state index in [0.29, 0.717) is 6.61 Å². The molecule has 1 nitrogen and oxygen atoms in total. The molecule has 0 radical (unpaired) electrons. The fraction of sp³-hybridized carbons (Fsp3) is 0.200. The van der Waals surface area contributed by atoms with E-state index in [1.165, 1.54) is 4.70 Å². The molecule has 0 aliphatic carbocycles. The number of rotatable bonds is 2. The van der Waals surface area contributed by atoms with Crippen LogP contribution < -0.4 is 4.74 Å². The Labute approximate surface area is 85.9 Å². The lowest BCUT2D eigenvalue weighted by atomic mass is 10.2. The van der Waals surface area contributed by atoms with E-state index < -0.39 is 0 Å². The summed E-state index contributed by atoms with van der Waals surface area (Å²) in [7, 11) is 0. The first-order valence-electron chi connectivity index (χ1n) is 4.11. The van der Waals surface area contributed by atoms with Gasteiger partial charge in [0.1, 0.15) is 5.75 Å². The molecule has 1 heterocycles. The van der Waals surface area contributed by atoms with Crippen LogP contribution in [0.5, 0.6) is 5.75 Å². The van der Waals surface area contributed by atoms with Gasteiger partial charge in [0.2, 0.25) is 0 Å². The minimum atomic E-state index is 0.693. The van der Waals surface area contributed by atoms with Crippen LogP contribution in [0.4, 0.5) is 0 Å². The van der Waals surface area contributed by atoms with Crippen molar-refractivity contribution in [3.63, 3.8) is 0 Å². The van der Waals surface area contributed by atoms with Crippen molar-refractivity contribution in [1.29, 1.82) is 0 Å². The molecule has 0 saturated carbocycles. The molecule has 0 atom stereocenters. The molecule has 0 saturated heterocycles. The van der Waals surface area contributed by atoms with Crippen molar-refractivity contribution in [3.05, 3.63) is 28.6 Å². The highest BCUT2D eigenvalue weighted by molar-refractivity contribution is 7.17. The average Bonchev–Trinajstić information content (AvgIpc) is 2.49. The molecular weight excluding hydrogens is 204 g/mol. The highest BCUT2D eigenvalue weighted by Crippen LogP contribution is 2.33. The number of thiophene rings is 1. The quantitative estimate of drug-likeness (QED) is 0.733. The van der Waals surface area contributed by atoms with Gasteiger partial charge in [-0.1, -0.05) is 11.6 Å². The van der Waals surface area contributed by atoms with Gasteiger partial charge >= 0.3 is 0 Å². The molecule has 3 heteroatoms. The van der Waals surface area contributed by atoms with Crippen LogP contribution in [0.25, 0.3) is 10.1 Å². The largest absolute Gasteiger partial charge is 0.492 e. The predicted octanol–water partition coefficient (Wildman–Crippen LogP) is 3.95. The van der Waals surface area contributed by atoms with Gasteiger partial charge in [-0.05, 0) is 25.1 Å². The molecule has 1 aromatic carbocycles. The second-order valence-corrected chi connectivity index (χ2v) is 4.02. The first kappa shape index (κ1) is 8.85. The topological polar surface area (TPSA) is 9.23 Å².